The fraction of sp³-hybridized carbons (Fsp3) is 0.588. The normalized spacial score (nSPS) is 21.2. The summed E-state index contributed by atoms with van der Waals surface area (Å²) in [6.45, 7) is 3.10. The average molecular weight is 344 g/mol. The lowest BCUT2D eigenvalue weighted by molar-refractivity contribution is 0.461. The Bertz CT molecular complexity index is 711. The lowest BCUT2D eigenvalue weighted by atomic mass is 9.97. The van der Waals surface area contributed by atoms with Gasteiger partial charge in [0.05, 0.1) is 0 Å². The molecule has 0 spiro atoms. The molecule has 1 saturated carbocycles. The van der Waals surface area contributed by atoms with Crippen LogP contribution in [0.3, 0.4) is 0 Å². The van der Waals surface area contributed by atoms with E-state index in [2.05, 4.69) is 30.6 Å². The third kappa shape index (κ3) is 3.36. The third-order valence-corrected chi connectivity index (χ3v) is 5.45. The zero-order valence-corrected chi connectivity index (χ0v) is 14.9. The van der Waals surface area contributed by atoms with Gasteiger partial charge in [-0.2, -0.15) is 0 Å². The van der Waals surface area contributed by atoms with Gasteiger partial charge >= 0.3 is 0 Å². The second-order valence-electron chi connectivity index (χ2n) is 6.80. The summed E-state index contributed by atoms with van der Waals surface area (Å²) in [7, 11) is 0. The number of nitrogen functional groups attached to an aromatic ring is 1. The monoisotopic (exact) mass is 344 g/mol. The quantitative estimate of drug-likeness (QED) is 0.664. The molecule has 0 unspecified atom stereocenters. The minimum absolute atomic E-state index is 0.460. The number of rotatable bonds is 5. The molecule has 0 aromatic carbocycles. The Morgan fingerprint density at radius 1 is 1.29 bits per heavy atom. The van der Waals surface area contributed by atoms with Crippen molar-refractivity contribution in [2.24, 2.45) is 5.92 Å². The van der Waals surface area contributed by atoms with Gasteiger partial charge in [0.15, 0.2) is 5.16 Å². The van der Waals surface area contributed by atoms with Crippen LogP contribution in [0.1, 0.15) is 37.4 Å². The fourth-order valence-electron chi connectivity index (χ4n) is 3.49. The summed E-state index contributed by atoms with van der Waals surface area (Å²) in [5.74, 6) is 4.04. The molecule has 1 saturated heterocycles. The highest BCUT2D eigenvalue weighted by Gasteiger charge is 2.28. The highest BCUT2D eigenvalue weighted by atomic mass is 32.2. The van der Waals surface area contributed by atoms with E-state index in [1.807, 2.05) is 18.5 Å². The maximum atomic E-state index is 5.95. The second kappa shape index (κ2) is 6.63. The van der Waals surface area contributed by atoms with E-state index in [1.54, 1.807) is 0 Å². The minimum Gasteiger partial charge on any atom is -0.383 e. The van der Waals surface area contributed by atoms with Crippen molar-refractivity contribution in [1.29, 1.82) is 0 Å². The second-order valence-corrected chi connectivity index (χ2v) is 7.58. The number of hydrogen-bond donors (Lipinski definition) is 1. The van der Waals surface area contributed by atoms with Crippen molar-refractivity contribution in [3.63, 3.8) is 0 Å². The van der Waals surface area contributed by atoms with Crippen LogP contribution in [0.15, 0.2) is 23.6 Å². The molecule has 3 heterocycles. The van der Waals surface area contributed by atoms with E-state index in [0.717, 1.165) is 42.9 Å². The van der Waals surface area contributed by atoms with Crippen LogP contribution in [0.2, 0.25) is 0 Å². The van der Waals surface area contributed by atoms with Crippen LogP contribution in [-0.4, -0.2) is 38.9 Å². The molecule has 1 aliphatic heterocycles. The summed E-state index contributed by atoms with van der Waals surface area (Å²) in [6, 6.07) is 1.89. The zero-order valence-electron chi connectivity index (χ0n) is 14.1. The Labute approximate surface area is 146 Å². The molecule has 0 radical (unpaired) electrons. The van der Waals surface area contributed by atoms with Crippen LogP contribution in [0.25, 0.3) is 0 Å². The lowest BCUT2D eigenvalue weighted by Gasteiger charge is -2.33. The van der Waals surface area contributed by atoms with Gasteiger partial charge in [-0.3, -0.25) is 0 Å². The van der Waals surface area contributed by atoms with Gasteiger partial charge in [-0.1, -0.05) is 11.8 Å². The van der Waals surface area contributed by atoms with Gasteiger partial charge < -0.3 is 15.2 Å². The molecule has 1 atom stereocenters. The molecule has 6 nitrogen and oxygen atoms in total. The van der Waals surface area contributed by atoms with Gasteiger partial charge in [0, 0.05) is 44.0 Å². The molecule has 128 valence electrons. The average Bonchev–Trinajstić information content (AvgIpc) is 3.29. The minimum atomic E-state index is 0.460. The first-order valence-electron chi connectivity index (χ1n) is 8.67. The molecular formula is C17H24N6S. The van der Waals surface area contributed by atoms with E-state index in [9.17, 15) is 0 Å². The van der Waals surface area contributed by atoms with Gasteiger partial charge in [-0.05, 0) is 37.9 Å². The maximum Gasteiger partial charge on any atom is 0.191 e. The number of imidazole rings is 1. The molecule has 0 amide bonds. The molecule has 0 bridgehead atoms. The van der Waals surface area contributed by atoms with E-state index in [4.69, 9.17) is 5.73 Å². The van der Waals surface area contributed by atoms with Crippen LogP contribution >= 0.6 is 11.8 Å². The number of aromatic nitrogens is 4. The van der Waals surface area contributed by atoms with Crippen molar-refractivity contribution in [2.45, 2.75) is 43.3 Å². The highest BCUT2D eigenvalue weighted by Crippen LogP contribution is 2.34. The van der Waals surface area contributed by atoms with Crippen molar-refractivity contribution in [3.05, 3.63) is 24.3 Å². The fourth-order valence-corrected chi connectivity index (χ4v) is 3.87. The smallest absolute Gasteiger partial charge is 0.191 e. The Morgan fingerprint density at radius 3 is 2.96 bits per heavy atom. The van der Waals surface area contributed by atoms with Crippen molar-refractivity contribution in [2.75, 3.05) is 30.0 Å². The standard InChI is InChI=1S/C17H24N6S/c1-24-17-20-14(18)9-15(21-17)22-7-2-3-13(11-22)16-19-6-8-23(16)10-12-4-5-12/h6,8-9,12-13H,2-5,7,10-11H2,1H3,(H2,18,20,21)/t13-/m0/s1. The third-order valence-electron chi connectivity index (χ3n) is 4.90. The predicted octanol–water partition coefficient (Wildman–Crippen LogP) is 2.77. The lowest BCUT2D eigenvalue weighted by Crippen LogP contribution is -2.36. The van der Waals surface area contributed by atoms with Gasteiger partial charge in [0.2, 0.25) is 0 Å². The summed E-state index contributed by atoms with van der Waals surface area (Å²) >= 11 is 1.53. The summed E-state index contributed by atoms with van der Waals surface area (Å²) in [5.41, 5.74) is 5.95. The number of piperidine rings is 1. The van der Waals surface area contributed by atoms with E-state index in [1.165, 1.54) is 36.8 Å². The molecule has 2 fully saturated rings. The Morgan fingerprint density at radius 2 is 2.17 bits per heavy atom. The number of nitrogens with two attached hydrogens (primary N) is 1. The SMILES string of the molecule is CSc1nc(N)cc(N2CCC[C@H](c3nccn3CC3CC3)C2)n1. The zero-order chi connectivity index (χ0) is 16.5. The van der Waals surface area contributed by atoms with Crippen molar-refractivity contribution < 1.29 is 0 Å². The molecule has 24 heavy (non-hydrogen) atoms. The Balaban J connectivity index is 1.53. The van der Waals surface area contributed by atoms with E-state index >= 15 is 0 Å². The predicted molar refractivity (Wildman–Crippen MR) is 97.4 cm³/mol. The van der Waals surface area contributed by atoms with Crippen LogP contribution < -0.4 is 10.6 Å². The van der Waals surface area contributed by atoms with Gasteiger partial charge in [0.25, 0.3) is 0 Å². The molecule has 1 aliphatic carbocycles. The van der Waals surface area contributed by atoms with E-state index in [0.29, 0.717) is 11.7 Å². The number of nitrogens with zero attached hydrogens (tertiary/aromatic N) is 5. The van der Waals surface area contributed by atoms with Gasteiger partial charge in [0.1, 0.15) is 17.5 Å². The summed E-state index contributed by atoms with van der Waals surface area (Å²) in [5, 5.41) is 0.738. The molecular weight excluding hydrogens is 320 g/mol. The van der Waals surface area contributed by atoms with E-state index in [-0.39, 0.29) is 0 Å². The summed E-state index contributed by atoms with van der Waals surface area (Å²) < 4.78 is 2.37. The molecule has 2 aromatic rings. The van der Waals surface area contributed by atoms with E-state index < -0.39 is 0 Å². The number of hydrogen-bond acceptors (Lipinski definition) is 6. The van der Waals surface area contributed by atoms with Gasteiger partial charge in [-0.15, -0.1) is 0 Å². The van der Waals surface area contributed by atoms with Crippen molar-refractivity contribution in [3.8, 4) is 0 Å². The largest absolute Gasteiger partial charge is 0.383 e. The Hall–Kier alpha value is -1.76. The topological polar surface area (TPSA) is 72.9 Å². The highest BCUT2D eigenvalue weighted by molar-refractivity contribution is 7.98. The van der Waals surface area contributed by atoms with Crippen LogP contribution in [0.4, 0.5) is 11.6 Å². The summed E-state index contributed by atoms with van der Waals surface area (Å²) in [4.78, 5) is 15.9. The molecule has 4 rings (SSSR count). The first-order chi connectivity index (χ1) is 11.7. The number of anilines is 2. The molecule has 2 N–H and O–H groups in total. The van der Waals surface area contributed by atoms with Crippen molar-refractivity contribution >= 4 is 23.4 Å². The molecule has 7 heteroatoms. The first-order valence-corrected chi connectivity index (χ1v) is 9.90. The van der Waals surface area contributed by atoms with Crippen LogP contribution in [0, 0.1) is 5.92 Å². The Kier molecular flexibility index (Phi) is 4.35. The molecule has 2 aromatic heterocycles. The van der Waals surface area contributed by atoms with Crippen LogP contribution in [-0.2, 0) is 6.54 Å². The first kappa shape index (κ1) is 15.7. The van der Waals surface area contributed by atoms with Crippen LogP contribution in [0.5, 0.6) is 0 Å². The maximum absolute atomic E-state index is 5.95. The van der Waals surface area contributed by atoms with Gasteiger partial charge in [-0.25, -0.2) is 15.0 Å². The summed E-state index contributed by atoms with van der Waals surface area (Å²) in [6.07, 6.45) is 11.1. The number of thioether (sulfide) groups is 1. The van der Waals surface area contributed by atoms with Crippen molar-refractivity contribution in [1.82, 2.24) is 19.5 Å². The molecule has 2 aliphatic rings.